The van der Waals surface area contributed by atoms with Crippen LogP contribution in [0.5, 0.6) is 0 Å². The number of rotatable bonds is 8. The molecule has 1 N–H and O–H groups in total. The fraction of sp³-hybridized carbons (Fsp3) is 0.238. The predicted molar refractivity (Wildman–Crippen MR) is 106 cm³/mol. The summed E-state index contributed by atoms with van der Waals surface area (Å²) in [6, 6.07) is 11.3. The van der Waals surface area contributed by atoms with Crippen molar-refractivity contribution in [3.63, 3.8) is 0 Å². The lowest BCUT2D eigenvalue weighted by atomic mass is 10.1. The Balaban J connectivity index is 1.46. The topological polar surface area (TPSA) is 89.6 Å². The summed E-state index contributed by atoms with van der Waals surface area (Å²) in [7, 11) is 0. The van der Waals surface area contributed by atoms with E-state index in [9.17, 15) is 22.4 Å². The van der Waals surface area contributed by atoms with Crippen LogP contribution < -0.4 is 5.32 Å². The first-order valence-corrected chi connectivity index (χ1v) is 9.43. The molecule has 0 radical (unpaired) electrons. The molecule has 1 aromatic heterocycles. The van der Waals surface area contributed by atoms with Gasteiger partial charge in [0.15, 0.2) is 0 Å². The van der Waals surface area contributed by atoms with E-state index in [1.54, 1.807) is 19.1 Å². The summed E-state index contributed by atoms with van der Waals surface area (Å²) in [6.07, 6.45) is -2.82. The van der Waals surface area contributed by atoms with Crippen molar-refractivity contribution in [2.75, 3.05) is 0 Å². The minimum absolute atomic E-state index is 0.189. The molecule has 0 aliphatic rings. The number of carbonyl (C=O) groups is 1. The van der Waals surface area contributed by atoms with Crippen LogP contribution in [0.2, 0.25) is 0 Å². The van der Waals surface area contributed by atoms with E-state index < -0.39 is 12.1 Å². The highest BCUT2D eigenvalue weighted by Gasteiger charge is 2.38. The molecule has 0 bridgehead atoms. The first-order chi connectivity index (χ1) is 15.2. The van der Waals surface area contributed by atoms with E-state index in [0.717, 1.165) is 5.56 Å². The number of aromatic nitrogens is 2. The van der Waals surface area contributed by atoms with E-state index in [0.29, 0.717) is 12.0 Å². The van der Waals surface area contributed by atoms with E-state index in [1.165, 1.54) is 42.6 Å². The van der Waals surface area contributed by atoms with Crippen LogP contribution in [-0.2, 0) is 17.6 Å². The van der Waals surface area contributed by atoms with E-state index in [2.05, 4.69) is 25.1 Å². The molecule has 0 aliphatic carbocycles. The van der Waals surface area contributed by atoms with Gasteiger partial charge in [-0.15, -0.1) is 0 Å². The van der Waals surface area contributed by atoms with Gasteiger partial charge in [0.2, 0.25) is 5.82 Å². The lowest BCUT2D eigenvalue weighted by molar-refractivity contribution is -0.159. The van der Waals surface area contributed by atoms with Gasteiger partial charge in [-0.3, -0.25) is 4.79 Å². The molecular weight excluding hydrogens is 432 g/mol. The highest BCUT2D eigenvalue weighted by Crippen LogP contribution is 2.29. The van der Waals surface area contributed by atoms with Crippen LogP contribution >= 0.6 is 0 Å². The molecule has 11 heteroatoms. The molecule has 3 rings (SSSR count). The van der Waals surface area contributed by atoms with Crippen molar-refractivity contribution in [1.29, 1.82) is 0 Å². The van der Waals surface area contributed by atoms with Gasteiger partial charge in [0, 0.05) is 29.8 Å². The highest BCUT2D eigenvalue weighted by atomic mass is 19.4. The maximum atomic E-state index is 12.8. The molecule has 1 amide bonds. The maximum absolute atomic E-state index is 12.8. The van der Waals surface area contributed by atoms with Gasteiger partial charge in [-0.2, -0.15) is 18.2 Å². The third-order valence-electron chi connectivity index (χ3n) is 4.20. The fourth-order valence-electron chi connectivity index (χ4n) is 2.54. The van der Waals surface area contributed by atoms with E-state index in [-0.39, 0.29) is 35.8 Å². The number of hydrogen-bond donors (Lipinski definition) is 1. The zero-order valence-corrected chi connectivity index (χ0v) is 16.8. The molecular formula is C21H18F4N4O3. The lowest BCUT2D eigenvalue weighted by Gasteiger charge is -2.11. The molecule has 32 heavy (non-hydrogen) atoms. The Kier molecular flexibility index (Phi) is 7.18. The Hall–Kier alpha value is -3.76. The second-order valence-electron chi connectivity index (χ2n) is 6.80. The molecule has 1 heterocycles. The summed E-state index contributed by atoms with van der Waals surface area (Å²) in [5, 5.41) is 9.87. The normalized spacial score (nSPS) is 12.7. The van der Waals surface area contributed by atoms with Crippen molar-refractivity contribution in [3.05, 3.63) is 71.4 Å². The predicted octanol–water partition coefficient (Wildman–Crippen LogP) is 4.61. The second-order valence-corrected chi connectivity index (χ2v) is 6.80. The van der Waals surface area contributed by atoms with Crippen molar-refractivity contribution in [1.82, 2.24) is 15.5 Å². The minimum atomic E-state index is -4.73. The Morgan fingerprint density at radius 2 is 1.88 bits per heavy atom. The second kappa shape index (κ2) is 10.0. The molecule has 1 atom stereocenters. The summed E-state index contributed by atoms with van der Waals surface area (Å²) in [4.78, 5) is 20.7. The first-order valence-electron chi connectivity index (χ1n) is 9.43. The first kappa shape index (κ1) is 22.9. The molecule has 2 aromatic carbocycles. The van der Waals surface area contributed by atoms with Crippen LogP contribution in [0.3, 0.4) is 0 Å². The van der Waals surface area contributed by atoms with Crippen LogP contribution in [0.25, 0.3) is 11.4 Å². The number of halogens is 4. The summed E-state index contributed by atoms with van der Waals surface area (Å²) in [6.45, 7) is 1.96. The molecule has 168 valence electrons. The number of hydrogen-bond acceptors (Lipinski definition) is 6. The lowest BCUT2D eigenvalue weighted by Crippen LogP contribution is -2.32. The molecule has 7 nitrogen and oxygen atoms in total. The van der Waals surface area contributed by atoms with Gasteiger partial charge in [0.25, 0.3) is 5.91 Å². The Labute approximate surface area is 180 Å². The van der Waals surface area contributed by atoms with E-state index >= 15 is 0 Å². The number of amides is 1. The number of alkyl halides is 3. The van der Waals surface area contributed by atoms with Crippen LogP contribution in [-0.4, -0.2) is 28.3 Å². The molecule has 0 saturated carbocycles. The van der Waals surface area contributed by atoms with Gasteiger partial charge >= 0.3 is 12.1 Å². The smallest absolute Gasteiger partial charge is 0.391 e. The maximum Gasteiger partial charge on any atom is 0.471 e. The third-order valence-corrected chi connectivity index (χ3v) is 4.20. The van der Waals surface area contributed by atoms with Gasteiger partial charge in [-0.25, -0.2) is 4.39 Å². The quantitative estimate of drug-likeness (QED) is 0.308. The Bertz CT molecular complexity index is 1060. The summed E-state index contributed by atoms with van der Waals surface area (Å²) in [5.41, 5.74) is 1.35. The van der Waals surface area contributed by atoms with Gasteiger partial charge in [-0.05, 0) is 36.8 Å². The van der Waals surface area contributed by atoms with Crippen molar-refractivity contribution < 1.29 is 31.7 Å². The highest BCUT2D eigenvalue weighted by molar-refractivity contribution is 5.94. The zero-order chi connectivity index (χ0) is 23.1. The van der Waals surface area contributed by atoms with Crippen LogP contribution in [0, 0.1) is 5.82 Å². The molecule has 1 unspecified atom stereocenters. The average Bonchev–Trinajstić information content (AvgIpc) is 3.26. The summed E-state index contributed by atoms with van der Waals surface area (Å²) < 4.78 is 54.7. The van der Waals surface area contributed by atoms with Crippen LogP contribution in [0.15, 0.2) is 58.2 Å². The number of benzene rings is 2. The van der Waals surface area contributed by atoms with Crippen LogP contribution in [0.1, 0.15) is 35.2 Å². The monoisotopic (exact) mass is 450 g/mol. The van der Waals surface area contributed by atoms with Gasteiger partial charge in [-0.1, -0.05) is 34.6 Å². The third kappa shape index (κ3) is 6.37. The van der Waals surface area contributed by atoms with Crippen molar-refractivity contribution >= 4 is 12.1 Å². The van der Waals surface area contributed by atoms with Gasteiger partial charge < -0.3 is 14.7 Å². The van der Waals surface area contributed by atoms with Crippen molar-refractivity contribution in [2.45, 2.75) is 32.2 Å². The number of oxime groups is 1. The summed E-state index contributed by atoms with van der Waals surface area (Å²) >= 11 is 0. The molecule has 0 spiro atoms. The number of carbonyl (C=O) groups excluding carboxylic acids is 1. The van der Waals surface area contributed by atoms with E-state index in [1.807, 2.05) is 0 Å². The largest absolute Gasteiger partial charge is 0.471 e. The zero-order valence-electron chi connectivity index (χ0n) is 16.8. The Morgan fingerprint density at radius 3 is 2.50 bits per heavy atom. The van der Waals surface area contributed by atoms with Gasteiger partial charge in [0.05, 0.1) is 0 Å². The average molecular weight is 450 g/mol. The molecule has 0 fully saturated rings. The minimum Gasteiger partial charge on any atom is -0.391 e. The molecule has 0 saturated heterocycles. The fourth-order valence-corrected chi connectivity index (χ4v) is 2.54. The molecule has 3 aromatic rings. The molecule has 0 aliphatic heterocycles. The van der Waals surface area contributed by atoms with Crippen molar-refractivity contribution in [3.8, 4) is 11.4 Å². The van der Waals surface area contributed by atoms with Gasteiger partial charge in [0.1, 0.15) is 12.4 Å². The number of nitrogens with one attached hydrogen (secondary N) is 1. The van der Waals surface area contributed by atoms with Crippen LogP contribution in [0.4, 0.5) is 17.6 Å². The van der Waals surface area contributed by atoms with Crippen molar-refractivity contribution in [2.24, 2.45) is 5.16 Å². The van der Waals surface area contributed by atoms with E-state index in [4.69, 9.17) is 4.84 Å². The SMILES string of the molecule is CC(C/C=N\OCc1ccc(F)cc1)NC(=O)c1ccc(-c2noc(C(F)(F)F)n2)cc1. The Morgan fingerprint density at radius 1 is 1.19 bits per heavy atom. The standard InChI is InChI=1S/C21H18F4N4O3/c1-13(10-11-26-31-12-14-2-8-17(22)9-3-14)27-19(30)16-6-4-15(5-7-16)18-28-20(32-29-18)21(23,24)25/h2-9,11,13H,10,12H2,1H3,(H,27,30)/b26-11-. The number of nitrogens with zero attached hydrogens (tertiary/aromatic N) is 3. The summed E-state index contributed by atoms with van der Waals surface area (Å²) in [5.74, 6) is -2.36.